The molecule has 3 heterocycles. The number of nitrogens with one attached hydrogen (secondary N) is 1. The van der Waals surface area contributed by atoms with Crippen molar-refractivity contribution in [1.82, 2.24) is 19.6 Å². The first-order valence-corrected chi connectivity index (χ1v) is 11.5. The molecule has 9 heteroatoms. The molecule has 3 aromatic rings. The molecule has 5 rings (SSSR count). The molecule has 0 spiro atoms. The molecule has 2 aliphatic rings. The van der Waals surface area contributed by atoms with E-state index in [4.69, 9.17) is 11.6 Å². The van der Waals surface area contributed by atoms with Crippen molar-refractivity contribution in [2.24, 2.45) is 7.05 Å². The van der Waals surface area contributed by atoms with E-state index in [0.717, 1.165) is 16.7 Å². The predicted octanol–water partition coefficient (Wildman–Crippen LogP) is 2.98. The molecule has 1 fully saturated rings. The summed E-state index contributed by atoms with van der Waals surface area (Å²) in [4.78, 5) is 42.6. The van der Waals surface area contributed by atoms with Crippen molar-refractivity contribution in [3.63, 3.8) is 0 Å². The van der Waals surface area contributed by atoms with Crippen LogP contribution in [0.3, 0.4) is 0 Å². The van der Waals surface area contributed by atoms with Crippen LogP contribution in [-0.2, 0) is 23.1 Å². The van der Waals surface area contributed by atoms with E-state index in [-0.39, 0.29) is 24.3 Å². The fourth-order valence-electron chi connectivity index (χ4n) is 4.51. The molecule has 1 aromatic heterocycles. The lowest BCUT2D eigenvalue weighted by atomic mass is 10.0. The lowest BCUT2D eigenvalue weighted by Crippen LogP contribution is -2.59. The Morgan fingerprint density at radius 1 is 1.12 bits per heavy atom. The summed E-state index contributed by atoms with van der Waals surface area (Å²) in [5.41, 5.74) is 3.71. The predicted molar refractivity (Wildman–Crippen MR) is 128 cm³/mol. The molecular weight excluding hydrogens is 454 g/mol. The maximum absolute atomic E-state index is 13.4. The maximum Gasteiger partial charge on any atom is 0.256 e. The van der Waals surface area contributed by atoms with Crippen LogP contribution in [0.15, 0.2) is 54.9 Å². The number of aromatic nitrogens is 2. The Labute approximate surface area is 202 Å². The second-order valence-electron chi connectivity index (χ2n) is 8.63. The van der Waals surface area contributed by atoms with E-state index < -0.39 is 6.04 Å². The van der Waals surface area contributed by atoms with Crippen molar-refractivity contribution in [3.05, 3.63) is 71.0 Å². The number of fused-ring (bicyclic) bond motifs is 2. The van der Waals surface area contributed by atoms with Gasteiger partial charge in [-0.1, -0.05) is 29.8 Å². The van der Waals surface area contributed by atoms with Gasteiger partial charge in [-0.25, -0.2) is 0 Å². The molecule has 1 atom stereocenters. The zero-order valence-corrected chi connectivity index (χ0v) is 19.5. The molecule has 34 heavy (non-hydrogen) atoms. The summed E-state index contributed by atoms with van der Waals surface area (Å²) in [5, 5.41) is 7.65. The van der Waals surface area contributed by atoms with Gasteiger partial charge in [0.05, 0.1) is 24.0 Å². The molecule has 0 aliphatic carbocycles. The van der Waals surface area contributed by atoms with Crippen LogP contribution in [0.2, 0.25) is 5.02 Å². The highest BCUT2D eigenvalue weighted by Gasteiger charge is 2.40. The van der Waals surface area contributed by atoms with Crippen LogP contribution < -0.4 is 5.32 Å². The van der Waals surface area contributed by atoms with Gasteiger partial charge in [0.25, 0.3) is 5.91 Å². The standard InChI is InChI=1S/C25H24ClN5O3/c1-29-14-16(13-27-29)2-9-23(32)30-10-11-31-22(15-30)24(33)28-21-8-5-18(12-20(21)25(31)34)17-3-6-19(26)7-4-17/h3-8,12-14,22H,2,9-11,15H2,1H3,(H,28,33). The van der Waals surface area contributed by atoms with E-state index >= 15 is 0 Å². The van der Waals surface area contributed by atoms with Crippen LogP contribution in [0.5, 0.6) is 0 Å². The van der Waals surface area contributed by atoms with Gasteiger partial charge in [-0.3, -0.25) is 19.1 Å². The normalized spacial score (nSPS) is 17.6. The molecule has 0 bridgehead atoms. The minimum Gasteiger partial charge on any atom is -0.338 e. The van der Waals surface area contributed by atoms with Gasteiger partial charge >= 0.3 is 0 Å². The van der Waals surface area contributed by atoms with E-state index in [1.165, 1.54) is 0 Å². The Bertz CT molecular complexity index is 1270. The third-order valence-corrected chi connectivity index (χ3v) is 6.62. The molecular formula is C25H24ClN5O3. The van der Waals surface area contributed by atoms with Crippen LogP contribution in [-0.4, -0.2) is 63.0 Å². The summed E-state index contributed by atoms with van der Waals surface area (Å²) in [5.74, 6) is -0.525. The lowest BCUT2D eigenvalue weighted by molar-refractivity contribution is -0.135. The Kier molecular flexibility index (Phi) is 5.83. The number of piperazine rings is 1. The van der Waals surface area contributed by atoms with Crippen LogP contribution in [0.25, 0.3) is 11.1 Å². The van der Waals surface area contributed by atoms with Crippen molar-refractivity contribution in [1.29, 1.82) is 0 Å². The van der Waals surface area contributed by atoms with Gasteiger partial charge in [0.2, 0.25) is 11.8 Å². The molecule has 8 nitrogen and oxygen atoms in total. The average Bonchev–Trinajstić information content (AvgIpc) is 3.23. The Morgan fingerprint density at radius 3 is 2.62 bits per heavy atom. The fourth-order valence-corrected chi connectivity index (χ4v) is 4.64. The van der Waals surface area contributed by atoms with Crippen LogP contribution in [0, 0.1) is 0 Å². The summed E-state index contributed by atoms with van der Waals surface area (Å²) >= 11 is 6.00. The average molecular weight is 478 g/mol. The van der Waals surface area contributed by atoms with Crippen molar-refractivity contribution < 1.29 is 14.4 Å². The van der Waals surface area contributed by atoms with Crippen LogP contribution in [0.4, 0.5) is 5.69 Å². The zero-order chi connectivity index (χ0) is 23.8. The highest BCUT2D eigenvalue weighted by Crippen LogP contribution is 2.30. The van der Waals surface area contributed by atoms with Gasteiger partial charge in [-0.05, 0) is 47.4 Å². The summed E-state index contributed by atoms with van der Waals surface area (Å²) in [6.45, 7) is 0.884. The van der Waals surface area contributed by atoms with Crippen molar-refractivity contribution >= 4 is 35.0 Å². The summed E-state index contributed by atoms with van der Waals surface area (Å²) < 4.78 is 1.70. The van der Waals surface area contributed by atoms with E-state index in [0.29, 0.717) is 42.2 Å². The highest BCUT2D eigenvalue weighted by atomic mass is 35.5. The van der Waals surface area contributed by atoms with Gasteiger partial charge < -0.3 is 15.1 Å². The number of hydrogen-bond donors (Lipinski definition) is 1. The number of nitrogens with zero attached hydrogens (tertiary/aromatic N) is 4. The van der Waals surface area contributed by atoms with Gasteiger partial charge in [0, 0.05) is 37.8 Å². The number of carbonyl (C=O) groups is 3. The molecule has 1 saturated heterocycles. The summed E-state index contributed by atoms with van der Waals surface area (Å²) in [7, 11) is 1.84. The number of rotatable bonds is 4. The van der Waals surface area contributed by atoms with Gasteiger partial charge in [-0.2, -0.15) is 5.10 Å². The minimum atomic E-state index is -0.727. The lowest BCUT2D eigenvalue weighted by Gasteiger charge is -2.39. The third-order valence-electron chi connectivity index (χ3n) is 6.37. The molecule has 2 aromatic carbocycles. The molecule has 1 unspecified atom stereocenters. The number of anilines is 1. The van der Waals surface area contributed by atoms with Gasteiger partial charge in [0.15, 0.2) is 0 Å². The molecule has 1 N–H and O–H groups in total. The largest absolute Gasteiger partial charge is 0.338 e. The number of hydrogen-bond acceptors (Lipinski definition) is 4. The fraction of sp³-hybridized carbons (Fsp3) is 0.280. The second kappa shape index (κ2) is 8.95. The maximum atomic E-state index is 13.4. The molecule has 0 radical (unpaired) electrons. The summed E-state index contributed by atoms with van der Waals surface area (Å²) in [6, 6.07) is 12.1. The number of carbonyl (C=O) groups excluding carboxylic acids is 3. The topological polar surface area (TPSA) is 87.5 Å². The third kappa shape index (κ3) is 4.28. The van der Waals surface area contributed by atoms with E-state index in [1.807, 2.05) is 31.4 Å². The van der Waals surface area contributed by atoms with E-state index in [1.54, 1.807) is 44.9 Å². The van der Waals surface area contributed by atoms with E-state index in [2.05, 4.69) is 10.4 Å². The van der Waals surface area contributed by atoms with Crippen molar-refractivity contribution in [3.8, 4) is 11.1 Å². The van der Waals surface area contributed by atoms with E-state index in [9.17, 15) is 14.4 Å². The molecule has 2 aliphatic heterocycles. The number of aryl methyl sites for hydroxylation is 2. The SMILES string of the molecule is Cn1cc(CCC(=O)N2CCN3C(=O)c4cc(-c5ccc(Cl)cc5)ccc4NC(=O)C3C2)cn1. The quantitative estimate of drug-likeness (QED) is 0.625. The first kappa shape index (κ1) is 22.2. The number of halogens is 1. The Morgan fingerprint density at radius 2 is 1.88 bits per heavy atom. The smallest absolute Gasteiger partial charge is 0.256 e. The summed E-state index contributed by atoms with van der Waals surface area (Å²) in [6.07, 6.45) is 4.55. The van der Waals surface area contributed by atoms with Crippen molar-refractivity contribution in [2.45, 2.75) is 18.9 Å². The second-order valence-corrected chi connectivity index (χ2v) is 9.07. The monoisotopic (exact) mass is 477 g/mol. The van der Waals surface area contributed by atoms with Gasteiger partial charge in [-0.15, -0.1) is 0 Å². The first-order valence-electron chi connectivity index (χ1n) is 11.2. The Hall–Kier alpha value is -3.65. The minimum absolute atomic E-state index is 0.0319. The molecule has 174 valence electrons. The van der Waals surface area contributed by atoms with Gasteiger partial charge in [0.1, 0.15) is 6.04 Å². The Balaban J connectivity index is 1.33. The van der Waals surface area contributed by atoms with Crippen LogP contribution >= 0.6 is 11.6 Å². The van der Waals surface area contributed by atoms with Crippen molar-refractivity contribution in [2.75, 3.05) is 25.0 Å². The number of amides is 3. The zero-order valence-electron chi connectivity index (χ0n) is 18.7. The molecule has 3 amide bonds. The highest BCUT2D eigenvalue weighted by molar-refractivity contribution is 6.30. The van der Waals surface area contributed by atoms with Crippen LogP contribution in [0.1, 0.15) is 22.3 Å². The first-order chi connectivity index (χ1) is 16.4. The number of benzene rings is 2. The molecule has 0 saturated carbocycles.